The van der Waals surface area contributed by atoms with Crippen LogP contribution in [0.5, 0.6) is 0 Å². The van der Waals surface area contributed by atoms with Crippen LogP contribution in [-0.2, 0) is 11.2 Å². The van der Waals surface area contributed by atoms with Gasteiger partial charge in [-0.2, -0.15) is 11.8 Å². The Bertz CT molecular complexity index is 340. The third-order valence-electron chi connectivity index (χ3n) is 2.60. The summed E-state index contributed by atoms with van der Waals surface area (Å²) < 4.78 is 18.4. The first kappa shape index (κ1) is 11.9. The van der Waals surface area contributed by atoms with Gasteiger partial charge < -0.3 is 9.84 Å². The molecular formula is C12H15FO2S. The molecule has 1 aliphatic heterocycles. The molecule has 1 heterocycles. The van der Waals surface area contributed by atoms with E-state index in [2.05, 4.69) is 0 Å². The van der Waals surface area contributed by atoms with E-state index in [1.54, 1.807) is 17.8 Å². The third-order valence-corrected chi connectivity index (χ3v) is 3.62. The second kappa shape index (κ2) is 5.66. The number of rotatable bonds is 3. The van der Waals surface area contributed by atoms with E-state index in [1.807, 2.05) is 6.07 Å². The lowest BCUT2D eigenvalue weighted by atomic mass is 10.0. The lowest BCUT2D eigenvalue weighted by molar-refractivity contribution is -0.0208. The maximum Gasteiger partial charge on any atom is 0.123 e. The summed E-state index contributed by atoms with van der Waals surface area (Å²) in [7, 11) is 0. The number of aliphatic hydroxyl groups is 1. The van der Waals surface area contributed by atoms with Crippen molar-refractivity contribution in [3.8, 4) is 0 Å². The van der Waals surface area contributed by atoms with Gasteiger partial charge in [-0.05, 0) is 17.7 Å². The molecule has 0 aromatic heterocycles. The Morgan fingerprint density at radius 3 is 3.12 bits per heavy atom. The molecule has 2 nitrogen and oxygen atoms in total. The van der Waals surface area contributed by atoms with E-state index in [0.29, 0.717) is 13.0 Å². The molecule has 16 heavy (non-hydrogen) atoms. The van der Waals surface area contributed by atoms with Crippen molar-refractivity contribution in [2.24, 2.45) is 0 Å². The standard InChI is InChI=1S/C12H15FO2S/c13-10-3-1-2-9(6-10)7-11(14)12-8-16-5-4-15-12/h1-3,6,11-12,14H,4-5,7-8H2. The van der Waals surface area contributed by atoms with Crippen LogP contribution in [0.1, 0.15) is 5.56 Å². The van der Waals surface area contributed by atoms with Crippen LogP contribution in [0.2, 0.25) is 0 Å². The first-order valence-corrected chi connectivity index (χ1v) is 6.53. The molecule has 2 atom stereocenters. The smallest absolute Gasteiger partial charge is 0.123 e. The van der Waals surface area contributed by atoms with Gasteiger partial charge >= 0.3 is 0 Å². The monoisotopic (exact) mass is 242 g/mol. The predicted molar refractivity (Wildman–Crippen MR) is 63.2 cm³/mol. The first-order valence-electron chi connectivity index (χ1n) is 5.37. The Labute approximate surface area is 98.8 Å². The molecule has 1 saturated heterocycles. The first-order chi connectivity index (χ1) is 7.75. The summed E-state index contributed by atoms with van der Waals surface area (Å²) in [5, 5.41) is 9.96. The van der Waals surface area contributed by atoms with Crippen molar-refractivity contribution in [1.29, 1.82) is 0 Å². The molecule has 1 N–H and O–H groups in total. The van der Waals surface area contributed by atoms with Crippen molar-refractivity contribution < 1.29 is 14.2 Å². The van der Waals surface area contributed by atoms with Gasteiger partial charge in [-0.25, -0.2) is 4.39 Å². The van der Waals surface area contributed by atoms with E-state index in [0.717, 1.165) is 17.1 Å². The highest BCUT2D eigenvalue weighted by atomic mass is 32.2. The highest BCUT2D eigenvalue weighted by molar-refractivity contribution is 7.99. The Morgan fingerprint density at radius 2 is 2.44 bits per heavy atom. The van der Waals surface area contributed by atoms with Gasteiger partial charge in [0.1, 0.15) is 5.82 Å². The summed E-state index contributed by atoms with van der Waals surface area (Å²) in [5.41, 5.74) is 0.812. The second-order valence-corrected chi connectivity index (χ2v) is 5.04. The highest BCUT2D eigenvalue weighted by Crippen LogP contribution is 2.18. The van der Waals surface area contributed by atoms with Crippen LogP contribution < -0.4 is 0 Å². The maximum absolute atomic E-state index is 12.9. The molecule has 4 heteroatoms. The molecule has 0 amide bonds. The van der Waals surface area contributed by atoms with Gasteiger partial charge in [0.15, 0.2) is 0 Å². The van der Waals surface area contributed by atoms with Gasteiger partial charge in [-0.3, -0.25) is 0 Å². The van der Waals surface area contributed by atoms with E-state index in [9.17, 15) is 9.50 Å². The molecule has 0 aliphatic carbocycles. The lowest BCUT2D eigenvalue weighted by Crippen LogP contribution is -2.36. The maximum atomic E-state index is 12.9. The minimum atomic E-state index is -0.547. The van der Waals surface area contributed by atoms with E-state index in [1.165, 1.54) is 12.1 Å². The Morgan fingerprint density at radius 1 is 1.56 bits per heavy atom. The number of ether oxygens (including phenoxy) is 1. The molecule has 0 saturated carbocycles. The zero-order valence-electron chi connectivity index (χ0n) is 8.93. The Hall–Kier alpha value is -0.580. The van der Waals surface area contributed by atoms with Gasteiger partial charge in [0.05, 0.1) is 18.8 Å². The molecule has 1 aromatic rings. The van der Waals surface area contributed by atoms with Crippen LogP contribution in [0.4, 0.5) is 4.39 Å². The second-order valence-electron chi connectivity index (χ2n) is 3.89. The molecule has 0 radical (unpaired) electrons. The molecule has 0 bridgehead atoms. The van der Waals surface area contributed by atoms with E-state index < -0.39 is 6.10 Å². The van der Waals surface area contributed by atoms with Crippen LogP contribution in [0, 0.1) is 5.82 Å². The number of hydrogen-bond donors (Lipinski definition) is 1. The fourth-order valence-corrected chi connectivity index (χ4v) is 2.70. The molecule has 1 aromatic carbocycles. The largest absolute Gasteiger partial charge is 0.390 e. The quantitative estimate of drug-likeness (QED) is 0.877. The summed E-state index contributed by atoms with van der Waals surface area (Å²) in [6, 6.07) is 6.35. The van der Waals surface area contributed by atoms with Crippen LogP contribution in [0.25, 0.3) is 0 Å². The fraction of sp³-hybridized carbons (Fsp3) is 0.500. The van der Waals surface area contributed by atoms with E-state index in [4.69, 9.17) is 4.74 Å². The third kappa shape index (κ3) is 3.20. The lowest BCUT2D eigenvalue weighted by Gasteiger charge is -2.26. The average Bonchev–Trinajstić information content (AvgIpc) is 2.30. The number of thioether (sulfide) groups is 1. The number of benzene rings is 1. The fourth-order valence-electron chi connectivity index (χ4n) is 1.77. The number of aliphatic hydroxyl groups excluding tert-OH is 1. The molecule has 1 aliphatic rings. The van der Waals surface area contributed by atoms with Crippen molar-refractivity contribution >= 4 is 11.8 Å². The average molecular weight is 242 g/mol. The van der Waals surface area contributed by atoms with Crippen molar-refractivity contribution in [2.45, 2.75) is 18.6 Å². The van der Waals surface area contributed by atoms with Crippen molar-refractivity contribution in [2.75, 3.05) is 18.1 Å². The Balaban J connectivity index is 1.93. The molecular weight excluding hydrogens is 227 g/mol. The van der Waals surface area contributed by atoms with Crippen LogP contribution in [0.3, 0.4) is 0 Å². The molecule has 0 spiro atoms. The minimum absolute atomic E-state index is 0.123. The van der Waals surface area contributed by atoms with Crippen molar-refractivity contribution in [3.63, 3.8) is 0 Å². The van der Waals surface area contributed by atoms with Gasteiger partial charge in [0.25, 0.3) is 0 Å². The summed E-state index contributed by atoms with van der Waals surface area (Å²) in [4.78, 5) is 0. The minimum Gasteiger partial charge on any atom is -0.390 e. The molecule has 2 rings (SSSR count). The molecule has 2 unspecified atom stereocenters. The normalized spacial score (nSPS) is 23.0. The van der Waals surface area contributed by atoms with Crippen LogP contribution in [-0.4, -0.2) is 35.4 Å². The highest BCUT2D eigenvalue weighted by Gasteiger charge is 2.23. The molecule has 1 fully saturated rings. The topological polar surface area (TPSA) is 29.5 Å². The van der Waals surface area contributed by atoms with Crippen molar-refractivity contribution in [1.82, 2.24) is 0 Å². The van der Waals surface area contributed by atoms with Gasteiger partial charge in [0.2, 0.25) is 0 Å². The van der Waals surface area contributed by atoms with Gasteiger partial charge in [0, 0.05) is 17.9 Å². The summed E-state index contributed by atoms with van der Waals surface area (Å²) in [6.45, 7) is 0.690. The number of hydrogen-bond acceptors (Lipinski definition) is 3. The van der Waals surface area contributed by atoms with Crippen LogP contribution in [0.15, 0.2) is 24.3 Å². The van der Waals surface area contributed by atoms with Gasteiger partial charge in [-0.15, -0.1) is 0 Å². The van der Waals surface area contributed by atoms with E-state index in [-0.39, 0.29) is 11.9 Å². The number of halogens is 1. The SMILES string of the molecule is OC(Cc1cccc(F)c1)C1CSCCO1. The zero-order chi connectivity index (χ0) is 11.4. The summed E-state index contributed by atoms with van der Waals surface area (Å²) in [6.07, 6.45) is -0.222. The Kier molecular flexibility index (Phi) is 4.21. The summed E-state index contributed by atoms with van der Waals surface area (Å²) >= 11 is 1.79. The van der Waals surface area contributed by atoms with Crippen LogP contribution >= 0.6 is 11.8 Å². The predicted octanol–water partition coefficient (Wildman–Crippen LogP) is 1.86. The summed E-state index contributed by atoms with van der Waals surface area (Å²) in [5.74, 6) is 1.54. The van der Waals surface area contributed by atoms with E-state index >= 15 is 0 Å². The molecule has 88 valence electrons. The zero-order valence-corrected chi connectivity index (χ0v) is 9.75. The van der Waals surface area contributed by atoms with Crippen molar-refractivity contribution in [3.05, 3.63) is 35.6 Å². The van der Waals surface area contributed by atoms with Gasteiger partial charge in [-0.1, -0.05) is 12.1 Å².